The molecule has 0 bridgehead atoms. The average molecular weight is 170 g/mol. The Bertz CT molecular complexity index is 320. The van der Waals surface area contributed by atoms with Crippen molar-refractivity contribution in [1.29, 1.82) is 0 Å². The van der Waals surface area contributed by atoms with E-state index in [2.05, 4.69) is 9.98 Å². The summed E-state index contributed by atoms with van der Waals surface area (Å²) in [6.45, 7) is 0.159. The Hall–Kier alpha value is -1.56. The lowest BCUT2D eigenvalue weighted by molar-refractivity contribution is 0.174. The molecule has 0 saturated heterocycles. The van der Waals surface area contributed by atoms with E-state index in [1.807, 2.05) is 0 Å². The zero-order valence-corrected chi connectivity index (χ0v) is 6.38. The summed E-state index contributed by atoms with van der Waals surface area (Å²) >= 11 is 0. The van der Waals surface area contributed by atoms with Crippen molar-refractivity contribution in [3.8, 4) is 0 Å². The fourth-order valence-corrected chi connectivity index (χ4v) is 0.707. The lowest BCUT2D eigenvalue weighted by Gasteiger charge is -1.99. The third-order valence-corrected chi connectivity index (χ3v) is 1.24. The van der Waals surface area contributed by atoms with Crippen molar-refractivity contribution in [2.45, 2.75) is 0 Å². The molecular formula is C6H10N4O2. The van der Waals surface area contributed by atoms with Crippen molar-refractivity contribution in [3.05, 3.63) is 17.8 Å². The molecule has 0 aromatic carbocycles. The summed E-state index contributed by atoms with van der Waals surface area (Å²) in [6.07, 6.45) is 1.43. The molecule has 0 amide bonds. The quantitative estimate of drug-likeness (QED) is 0.475. The average Bonchev–Trinajstić information content (AvgIpc) is 2.08. The van der Waals surface area contributed by atoms with E-state index in [1.54, 1.807) is 0 Å². The van der Waals surface area contributed by atoms with Gasteiger partial charge >= 0.3 is 0 Å². The highest BCUT2D eigenvalue weighted by Gasteiger charge is 1.93. The first kappa shape index (κ1) is 8.54. The first-order valence-corrected chi connectivity index (χ1v) is 3.40. The molecule has 6 heteroatoms. The van der Waals surface area contributed by atoms with Crippen LogP contribution in [0.5, 0.6) is 0 Å². The van der Waals surface area contributed by atoms with Crippen LogP contribution >= 0.6 is 0 Å². The normalized spacial score (nSPS) is 11.9. The summed E-state index contributed by atoms with van der Waals surface area (Å²) in [6, 6.07) is 1.49. The number of nitrogens with zero attached hydrogens (tertiary/aromatic N) is 3. The Morgan fingerprint density at radius 2 is 2.42 bits per heavy atom. The van der Waals surface area contributed by atoms with Crippen molar-refractivity contribution in [1.82, 2.24) is 9.71 Å². The predicted molar refractivity (Wildman–Crippen MR) is 41.3 cm³/mol. The molecule has 0 aliphatic heterocycles. The first-order chi connectivity index (χ1) is 5.75. The summed E-state index contributed by atoms with van der Waals surface area (Å²) in [7, 11) is 0. The van der Waals surface area contributed by atoms with Gasteiger partial charge in [0.25, 0.3) is 0 Å². The molecule has 1 aromatic heterocycles. The summed E-state index contributed by atoms with van der Waals surface area (Å²) in [5, 5.41) is 17.6. The molecular weight excluding hydrogens is 160 g/mol. The summed E-state index contributed by atoms with van der Waals surface area (Å²) in [5.74, 6) is -0.0332. The van der Waals surface area contributed by atoms with Crippen molar-refractivity contribution < 1.29 is 10.3 Å². The molecule has 0 atom stereocenters. The molecule has 4 N–H and O–H groups in total. The van der Waals surface area contributed by atoms with Gasteiger partial charge in [0.15, 0.2) is 5.49 Å². The van der Waals surface area contributed by atoms with Gasteiger partial charge in [-0.15, -0.1) is 4.73 Å². The molecule has 0 aliphatic rings. The van der Waals surface area contributed by atoms with Gasteiger partial charge in [0, 0.05) is 12.3 Å². The maximum atomic E-state index is 9.18. The van der Waals surface area contributed by atoms with Crippen molar-refractivity contribution >= 4 is 5.95 Å². The van der Waals surface area contributed by atoms with Crippen molar-refractivity contribution in [2.24, 2.45) is 4.99 Å². The number of hydrogen-bond donors (Lipinski definition) is 3. The van der Waals surface area contributed by atoms with Crippen LogP contribution < -0.4 is 11.2 Å². The molecule has 1 rings (SSSR count). The van der Waals surface area contributed by atoms with E-state index in [1.165, 1.54) is 12.3 Å². The van der Waals surface area contributed by atoms with Gasteiger partial charge in [-0.25, -0.2) is 4.98 Å². The Balaban J connectivity index is 3.07. The number of aromatic nitrogens is 2. The Labute approximate surface area is 68.6 Å². The van der Waals surface area contributed by atoms with Gasteiger partial charge in [0.2, 0.25) is 5.95 Å². The van der Waals surface area contributed by atoms with E-state index in [0.29, 0.717) is 4.73 Å². The second-order valence-electron chi connectivity index (χ2n) is 2.08. The molecule has 1 aromatic rings. The Kier molecular flexibility index (Phi) is 2.65. The van der Waals surface area contributed by atoms with Crippen LogP contribution in [0.15, 0.2) is 17.3 Å². The highest BCUT2D eigenvalue weighted by Crippen LogP contribution is 1.85. The standard InChI is InChI=1S/C6H10N4O2/c7-6-9-2-1-5(10(6)12)8-3-4-11/h1-2,11-12H,3-4H2,(H2,7,9). The van der Waals surface area contributed by atoms with Crippen LogP contribution in [0.3, 0.4) is 0 Å². The Morgan fingerprint density at radius 1 is 1.67 bits per heavy atom. The number of aliphatic hydroxyl groups is 1. The first-order valence-electron chi connectivity index (χ1n) is 3.40. The minimum atomic E-state index is -0.0672. The Morgan fingerprint density at radius 3 is 3.08 bits per heavy atom. The number of nitrogens with two attached hydrogens (primary N) is 1. The van der Waals surface area contributed by atoms with E-state index in [9.17, 15) is 5.21 Å². The third-order valence-electron chi connectivity index (χ3n) is 1.24. The van der Waals surface area contributed by atoms with Crippen LogP contribution in [0, 0.1) is 0 Å². The van der Waals surface area contributed by atoms with Gasteiger partial charge in [0.05, 0.1) is 13.2 Å². The molecule has 66 valence electrons. The lowest BCUT2D eigenvalue weighted by atomic mass is 10.6. The van der Waals surface area contributed by atoms with Crippen molar-refractivity contribution in [3.63, 3.8) is 0 Å². The molecule has 0 aliphatic carbocycles. The zero-order valence-electron chi connectivity index (χ0n) is 6.38. The van der Waals surface area contributed by atoms with Gasteiger partial charge < -0.3 is 16.0 Å². The second-order valence-corrected chi connectivity index (χ2v) is 2.08. The van der Waals surface area contributed by atoms with E-state index in [-0.39, 0.29) is 24.6 Å². The van der Waals surface area contributed by atoms with Gasteiger partial charge in [-0.3, -0.25) is 4.99 Å². The molecule has 0 spiro atoms. The van der Waals surface area contributed by atoms with E-state index < -0.39 is 0 Å². The van der Waals surface area contributed by atoms with E-state index in [4.69, 9.17) is 10.8 Å². The number of rotatable bonds is 2. The fourth-order valence-electron chi connectivity index (χ4n) is 0.707. The molecule has 6 nitrogen and oxygen atoms in total. The number of nitrogen functional groups attached to an aromatic ring is 1. The van der Waals surface area contributed by atoms with Crippen molar-refractivity contribution in [2.75, 3.05) is 18.9 Å². The van der Waals surface area contributed by atoms with Crippen LogP contribution in [0.4, 0.5) is 5.95 Å². The minimum absolute atomic E-state index is 0.0332. The number of anilines is 1. The van der Waals surface area contributed by atoms with Crippen LogP contribution in [0.2, 0.25) is 0 Å². The lowest BCUT2D eigenvalue weighted by Crippen LogP contribution is -2.22. The highest BCUT2D eigenvalue weighted by molar-refractivity contribution is 5.13. The van der Waals surface area contributed by atoms with Gasteiger partial charge in [-0.05, 0) is 0 Å². The molecule has 0 saturated carbocycles. The summed E-state index contributed by atoms with van der Waals surface area (Å²) < 4.78 is 0.662. The smallest absolute Gasteiger partial charge is 0.236 e. The zero-order chi connectivity index (χ0) is 8.97. The topological polar surface area (TPSA) is 96.7 Å². The highest BCUT2D eigenvalue weighted by atomic mass is 16.5. The minimum Gasteiger partial charge on any atom is -0.423 e. The summed E-state index contributed by atoms with van der Waals surface area (Å²) in [5.41, 5.74) is 5.55. The van der Waals surface area contributed by atoms with Crippen LogP contribution in [0.25, 0.3) is 0 Å². The molecule has 0 fully saturated rings. The predicted octanol–water partition coefficient (Wildman–Crippen LogP) is -1.40. The van der Waals surface area contributed by atoms with Crippen LogP contribution in [0.1, 0.15) is 0 Å². The van der Waals surface area contributed by atoms with Gasteiger partial charge in [0.1, 0.15) is 0 Å². The SMILES string of the molecule is Nc1nccc(=NCCO)n1O. The second kappa shape index (κ2) is 3.72. The maximum Gasteiger partial charge on any atom is 0.236 e. The van der Waals surface area contributed by atoms with E-state index >= 15 is 0 Å². The molecule has 12 heavy (non-hydrogen) atoms. The van der Waals surface area contributed by atoms with E-state index in [0.717, 1.165) is 0 Å². The molecule has 0 unspecified atom stereocenters. The van der Waals surface area contributed by atoms with Crippen LogP contribution in [-0.4, -0.2) is 33.2 Å². The number of hydrogen-bond acceptors (Lipinski definition) is 5. The third kappa shape index (κ3) is 1.73. The largest absolute Gasteiger partial charge is 0.423 e. The monoisotopic (exact) mass is 170 g/mol. The van der Waals surface area contributed by atoms with Gasteiger partial charge in [-0.2, -0.15) is 0 Å². The summed E-state index contributed by atoms with van der Waals surface area (Å²) in [4.78, 5) is 7.44. The van der Waals surface area contributed by atoms with Gasteiger partial charge in [-0.1, -0.05) is 0 Å². The molecule has 0 radical (unpaired) electrons. The molecule has 1 heterocycles. The van der Waals surface area contributed by atoms with Crippen LogP contribution in [-0.2, 0) is 0 Å². The maximum absolute atomic E-state index is 9.18. The fraction of sp³-hybridized carbons (Fsp3) is 0.333. The number of aliphatic hydroxyl groups excluding tert-OH is 1.